The summed E-state index contributed by atoms with van der Waals surface area (Å²) in [6, 6.07) is 8.55. The van der Waals surface area contributed by atoms with Gasteiger partial charge in [0.05, 0.1) is 17.8 Å². The second kappa shape index (κ2) is 4.53. The van der Waals surface area contributed by atoms with Crippen LogP contribution >= 0.6 is 0 Å². The third kappa shape index (κ3) is 1.93. The molecular weight excluding hydrogens is 238 g/mol. The number of aromatic nitrogens is 2. The third-order valence-electron chi connectivity index (χ3n) is 3.95. The van der Waals surface area contributed by atoms with Crippen LogP contribution < -0.4 is 0 Å². The van der Waals surface area contributed by atoms with Gasteiger partial charge < -0.3 is 4.90 Å². The first-order valence-corrected chi connectivity index (χ1v) is 6.53. The van der Waals surface area contributed by atoms with Gasteiger partial charge in [0.2, 0.25) is 0 Å². The van der Waals surface area contributed by atoms with Crippen LogP contribution in [0.25, 0.3) is 0 Å². The number of nitrogens with zero attached hydrogens (tertiary/aromatic N) is 2. The zero-order valence-electron chi connectivity index (χ0n) is 11.2. The van der Waals surface area contributed by atoms with Crippen LogP contribution in [0.15, 0.2) is 30.5 Å². The lowest BCUT2D eigenvalue weighted by Gasteiger charge is -2.25. The van der Waals surface area contributed by atoms with E-state index in [1.54, 1.807) is 6.20 Å². The first kappa shape index (κ1) is 12.0. The molecule has 0 saturated carbocycles. The Morgan fingerprint density at radius 1 is 1.42 bits per heavy atom. The Kier molecular flexibility index (Phi) is 2.85. The van der Waals surface area contributed by atoms with E-state index in [1.165, 1.54) is 11.1 Å². The van der Waals surface area contributed by atoms with Gasteiger partial charge in [-0.2, -0.15) is 5.10 Å². The number of H-pyrrole nitrogens is 1. The second-order valence-electron chi connectivity index (χ2n) is 5.08. The average Bonchev–Trinajstić information content (AvgIpc) is 3.03. The number of benzene rings is 1. The number of hydrogen-bond acceptors (Lipinski definition) is 2. The molecule has 1 amide bonds. The van der Waals surface area contributed by atoms with Gasteiger partial charge in [-0.05, 0) is 30.9 Å². The monoisotopic (exact) mass is 255 g/mol. The van der Waals surface area contributed by atoms with E-state index in [9.17, 15) is 4.79 Å². The van der Waals surface area contributed by atoms with E-state index in [-0.39, 0.29) is 11.9 Å². The van der Waals surface area contributed by atoms with Crippen molar-refractivity contribution in [1.82, 2.24) is 15.1 Å². The van der Waals surface area contributed by atoms with E-state index in [0.29, 0.717) is 5.56 Å². The van der Waals surface area contributed by atoms with Crippen LogP contribution in [0.4, 0.5) is 0 Å². The standard InChI is InChI=1S/C15H17N3O/c1-10-13(9-16-17-10)15(19)18(2)14-8-7-11-5-3-4-6-12(11)14/h3-6,9,14H,7-8H2,1-2H3,(H,16,17). The number of carbonyl (C=O) groups is 1. The summed E-state index contributed by atoms with van der Waals surface area (Å²) in [7, 11) is 1.88. The molecule has 2 aromatic rings. The van der Waals surface area contributed by atoms with Crippen LogP contribution in [-0.4, -0.2) is 28.1 Å². The lowest BCUT2D eigenvalue weighted by molar-refractivity contribution is 0.0730. The number of aromatic amines is 1. The van der Waals surface area contributed by atoms with E-state index < -0.39 is 0 Å². The fraction of sp³-hybridized carbons (Fsp3) is 0.333. The number of fused-ring (bicyclic) bond motifs is 1. The van der Waals surface area contributed by atoms with E-state index in [1.807, 2.05) is 24.9 Å². The van der Waals surface area contributed by atoms with Gasteiger partial charge in [0, 0.05) is 12.7 Å². The van der Waals surface area contributed by atoms with E-state index in [0.717, 1.165) is 18.5 Å². The summed E-state index contributed by atoms with van der Waals surface area (Å²) in [6.45, 7) is 1.87. The smallest absolute Gasteiger partial charge is 0.257 e. The number of hydrogen-bond donors (Lipinski definition) is 1. The van der Waals surface area contributed by atoms with Gasteiger partial charge in [0.15, 0.2) is 0 Å². The van der Waals surface area contributed by atoms with Crippen LogP contribution in [0.1, 0.15) is 39.6 Å². The third-order valence-corrected chi connectivity index (χ3v) is 3.95. The van der Waals surface area contributed by atoms with Crippen molar-refractivity contribution in [3.63, 3.8) is 0 Å². The largest absolute Gasteiger partial charge is 0.335 e. The summed E-state index contributed by atoms with van der Waals surface area (Å²) < 4.78 is 0. The van der Waals surface area contributed by atoms with Gasteiger partial charge in [-0.15, -0.1) is 0 Å². The molecule has 0 saturated heterocycles. The van der Waals surface area contributed by atoms with Crippen molar-refractivity contribution in [2.75, 3.05) is 7.05 Å². The minimum Gasteiger partial charge on any atom is -0.335 e. The molecule has 0 aliphatic heterocycles. The summed E-state index contributed by atoms with van der Waals surface area (Å²) >= 11 is 0. The summed E-state index contributed by atoms with van der Waals surface area (Å²) in [5, 5.41) is 6.74. The maximum absolute atomic E-state index is 12.5. The maximum atomic E-state index is 12.5. The topological polar surface area (TPSA) is 49.0 Å². The first-order valence-electron chi connectivity index (χ1n) is 6.53. The number of carbonyl (C=O) groups excluding carboxylic acids is 1. The van der Waals surface area contributed by atoms with Crippen LogP contribution in [0.2, 0.25) is 0 Å². The van der Waals surface area contributed by atoms with E-state index in [4.69, 9.17) is 0 Å². The van der Waals surface area contributed by atoms with Crippen LogP contribution in [0, 0.1) is 6.92 Å². The molecule has 0 bridgehead atoms. The predicted octanol–water partition coefficient (Wildman–Crippen LogP) is 2.48. The average molecular weight is 255 g/mol. The molecular formula is C15H17N3O. The molecule has 3 rings (SSSR count). The number of amides is 1. The quantitative estimate of drug-likeness (QED) is 0.896. The van der Waals surface area contributed by atoms with Crippen molar-refractivity contribution in [2.45, 2.75) is 25.8 Å². The molecule has 1 aromatic heterocycles. The highest BCUT2D eigenvalue weighted by molar-refractivity contribution is 5.95. The van der Waals surface area contributed by atoms with Crippen molar-refractivity contribution >= 4 is 5.91 Å². The van der Waals surface area contributed by atoms with Gasteiger partial charge in [0.25, 0.3) is 5.91 Å². The summed E-state index contributed by atoms with van der Waals surface area (Å²) in [5.74, 6) is 0.0351. The normalized spacial score (nSPS) is 17.3. The Hall–Kier alpha value is -2.10. The summed E-state index contributed by atoms with van der Waals surface area (Å²) in [6.07, 6.45) is 3.65. The van der Waals surface area contributed by atoms with Crippen molar-refractivity contribution in [2.24, 2.45) is 0 Å². The summed E-state index contributed by atoms with van der Waals surface area (Å²) in [5.41, 5.74) is 4.12. The molecule has 1 unspecified atom stereocenters. The fourth-order valence-corrected chi connectivity index (χ4v) is 2.83. The highest BCUT2D eigenvalue weighted by Crippen LogP contribution is 2.35. The minimum atomic E-state index is 0.0351. The SMILES string of the molecule is Cc1[nH]ncc1C(=O)N(C)C1CCc2ccccc21. The van der Waals surface area contributed by atoms with Crippen molar-refractivity contribution in [1.29, 1.82) is 0 Å². The van der Waals surface area contributed by atoms with E-state index in [2.05, 4.69) is 28.4 Å². The van der Waals surface area contributed by atoms with E-state index >= 15 is 0 Å². The van der Waals surface area contributed by atoms with Gasteiger partial charge in [-0.25, -0.2) is 0 Å². The van der Waals surface area contributed by atoms with Gasteiger partial charge in [-0.3, -0.25) is 9.89 Å². The zero-order chi connectivity index (χ0) is 13.4. The van der Waals surface area contributed by atoms with Crippen molar-refractivity contribution in [3.05, 3.63) is 52.8 Å². The molecule has 0 radical (unpaired) electrons. The molecule has 1 aliphatic carbocycles. The molecule has 19 heavy (non-hydrogen) atoms. The van der Waals surface area contributed by atoms with Crippen LogP contribution in [-0.2, 0) is 6.42 Å². The Morgan fingerprint density at radius 2 is 2.21 bits per heavy atom. The lowest BCUT2D eigenvalue weighted by atomic mass is 10.1. The number of rotatable bonds is 2. The van der Waals surface area contributed by atoms with Gasteiger partial charge in [0.1, 0.15) is 0 Å². The molecule has 0 spiro atoms. The Morgan fingerprint density at radius 3 is 2.95 bits per heavy atom. The molecule has 98 valence electrons. The maximum Gasteiger partial charge on any atom is 0.257 e. The van der Waals surface area contributed by atoms with Crippen LogP contribution in [0.3, 0.4) is 0 Å². The summed E-state index contributed by atoms with van der Waals surface area (Å²) in [4.78, 5) is 14.3. The Bertz CT molecular complexity index is 617. The first-order chi connectivity index (χ1) is 9.18. The predicted molar refractivity (Wildman–Crippen MR) is 72.9 cm³/mol. The Labute approximate surface area is 112 Å². The number of nitrogens with one attached hydrogen (secondary N) is 1. The molecule has 1 aliphatic rings. The minimum absolute atomic E-state index is 0.0351. The zero-order valence-corrected chi connectivity index (χ0v) is 11.2. The molecule has 1 N–H and O–H groups in total. The second-order valence-corrected chi connectivity index (χ2v) is 5.08. The lowest BCUT2D eigenvalue weighted by Crippen LogP contribution is -2.30. The number of aryl methyl sites for hydroxylation is 2. The highest BCUT2D eigenvalue weighted by Gasteiger charge is 2.29. The van der Waals surface area contributed by atoms with Gasteiger partial charge in [-0.1, -0.05) is 24.3 Å². The Balaban J connectivity index is 1.88. The fourth-order valence-electron chi connectivity index (χ4n) is 2.83. The molecule has 1 heterocycles. The molecule has 1 atom stereocenters. The van der Waals surface area contributed by atoms with Crippen LogP contribution in [0.5, 0.6) is 0 Å². The van der Waals surface area contributed by atoms with Gasteiger partial charge >= 0.3 is 0 Å². The molecule has 1 aromatic carbocycles. The molecule has 4 nitrogen and oxygen atoms in total. The highest BCUT2D eigenvalue weighted by atomic mass is 16.2. The van der Waals surface area contributed by atoms with Crippen molar-refractivity contribution < 1.29 is 4.79 Å². The van der Waals surface area contributed by atoms with Crippen molar-refractivity contribution in [3.8, 4) is 0 Å². The molecule has 0 fully saturated rings. The molecule has 4 heteroatoms.